The Bertz CT molecular complexity index is 326. The molecule has 0 spiro atoms. The summed E-state index contributed by atoms with van der Waals surface area (Å²) in [5, 5.41) is 2.92. The van der Waals surface area contributed by atoms with E-state index >= 15 is 0 Å². The van der Waals surface area contributed by atoms with Gasteiger partial charge in [-0.2, -0.15) is 0 Å². The molecule has 0 aromatic heterocycles. The molecule has 0 aliphatic carbocycles. The lowest BCUT2D eigenvalue weighted by atomic mass is 9.96. The Labute approximate surface area is 115 Å². The maximum atomic E-state index is 11.9. The molecule has 0 aromatic rings. The fourth-order valence-electron chi connectivity index (χ4n) is 2.05. The molecular formula is C14H26N2O3. The van der Waals surface area contributed by atoms with Crippen molar-refractivity contribution in [3.8, 4) is 0 Å². The quantitative estimate of drug-likeness (QED) is 0.836. The summed E-state index contributed by atoms with van der Waals surface area (Å²) in [6.07, 6.45) is 1.13. The first-order chi connectivity index (χ1) is 8.69. The van der Waals surface area contributed by atoms with Gasteiger partial charge < -0.3 is 15.0 Å². The van der Waals surface area contributed by atoms with E-state index in [2.05, 4.69) is 5.32 Å². The van der Waals surface area contributed by atoms with Crippen LogP contribution in [-0.2, 0) is 9.53 Å². The summed E-state index contributed by atoms with van der Waals surface area (Å²) in [7, 11) is 0. The molecule has 1 fully saturated rings. The first kappa shape index (κ1) is 15.8. The molecule has 0 aromatic carbocycles. The molecule has 1 heterocycles. The van der Waals surface area contributed by atoms with Crippen LogP contribution in [0.4, 0.5) is 4.79 Å². The van der Waals surface area contributed by atoms with Gasteiger partial charge in [0.25, 0.3) is 0 Å². The van der Waals surface area contributed by atoms with Gasteiger partial charge in [0.15, 0.2) is 0 Å². The number of piperidine rings is 1. The molecule has 0 unspecified atom stereocenters. The standard InChI is InChI=1S/C14H26N2O3/c1-10(2)15-12(17)11-6-8-16(9-7-11)13(18)19-14(3,4)5/h10-11H,6-9H2,1-5H3,(H,15,17). The summed E-state index contributed by atoms with van der Waals surface area (Å²) >= 11 is 0. The lowest BCUT2D eigenvalue weighted by Crippen LogP contribution is -2.45. The summed E-state index contributed by atoms with van der Waals surface area (Å²) in [4.78, 5) is 25.4. The van der Waals surface area contributed by atoms with Crippen LogP contribution in [0.3, 0.4) is 0 Å². The summed E-state index contributed by atoms with van der Waals surface area (Å²) < 4.78 is 5.32. The topological polar surface area (TPSA) is 58.6 Å². The van der Waals surface area contributed by atoms with Gasteiger partial charge in [-0.15, -0.1) is 0 Å². The predicted octanol–water partition coefficient (Wildman–Crippen LogP) is 2.16. The summed E-state index contributed by atoms with van der Waals surface area (Å²) in [6, 6.07) is 0.163. The zero-order valence-electron chi connectivity index (χ0n) is 12.7. The molecule has 110 valence electrons. The minimum atomic E-state index is -0.469. The fourth-order valence-corrected chi connectivity index (χ4v) is 2.05. The number of rotatable bonds is 2. The number of ether oxygens (including phenoxy) is 1. The Morgan fingerprint density at radius 1 is 1.21 bits per heavy atom. The van der Waals surface area contributed by atoms with E-state index in [-0.39, 0.29) is 24.0 Å². The van der Waals surface area contributed by atoms with E-state index in [1.165, 1.54) is 0 Å². The van der Waals surface area contributed by atoms with Gasteiger partial charge in [-0.3, -0.25) is 4.79 Å². The van der Waals surface area contributed by atoms with Crippen molar-refractivity contribution in [3.05, 3.63) is 0 Å². The smallest absolute Gasteiger partial charge is 0.410 e. The predicted molar refractivity (Wildman–Crippen MR) is 73.8 cm³/mol. The van der Waals surface area contributed by atoms with Gasteiger partial charge in [-0.05, 0) is 47.5 Å². The maximum Gasteiger partial charge on any atom is 0.410 e. The molecule has 0 atom stereocenters. The molecule has 19 heavy (non-hydrogen) atoms. The second kappa shape index (κ2) is 6.26. The number of likely N-dealkylation sites (tertiary alicyclic amines) is 1. The lowest BCUT2D eigenvalue weighted by molar-refractivity contribution is -0.127. The molecule has 1 saturated heterocycles. The third-order valence-electron chi connectivity index (χ3n) is 2.95. The lowest BCUT2D eigenvalue weighted by Gasteiger charge is -2.33. The van der Waals surface area contributed by atoms with Crippen molar-refractivity contribution >= 4 is 12.0 Å². The third-order valence-corrected chi connectivity index (χ3v) is 2.95. The number of carbonyl (C=O) groups excluding carboxylic acids is 2. The van der Waals surface area contributed by atoms with Gasteiger partial charge in [-0.25, -0.2) is 4.79 Å². The molecule has 1 aliphatic rings. The van der Waals surface area contributed by atoms with Crippen LogP contribution >= 0.6 is 0 Å². The van der Waals surface area contributed by atoms with E-state index in [0.717, 1.165) is 0 Å². The number of amides is 2. The van der Waals surface area contributed by atoms with Crippen molar-refractivity contribution in [2.45, 2.75) is 59.1 Å². The Morgan fingerprint density at radius 2 is 1.74 bits per heavy atom. The highest BCUT2D eigenvalue weighted by atomic mass is 16.6. The first-order valence-electron chi connectivity index (χ1n) is 6.97. The largest absolute Gasteiger partial charge is 0.444 e. The summed E-state index contributed by atoms with van der Waals surface area (Å²) in [5.41, 5.74) is -0.469. The van der Waals surface area contributed by atoms with E-state index in [9.17, 15) is 9.59 Å². The average molecular weight is 270 g/mol. The van der Waals surface area contributed by atoms with Crippen molar-refractivity contribution in [2.24, 2.45) is 5.92 Å². The van der Waals surface area contributed by atoms with E-state index in [0.29, 0.717) is 25.9 Å². The maximum absolute atomic E-state index is 11.9. The molecule has 0 radical (unpaired) electrons. The Balaban J connectivity index is 2.40. The number of carbonyl (C=O) groups is 2. The van der Waals surface area contributed by atoms with Gasteiger partial charge in [0, 0.05) is 25.0 Å². The van der Waals surface area contributed by atoms with Crippen LogP contribution < -0.4 is 5.32 Å². The van der Waals surface area contributed by atoms with Gasteiger partial charge >= 0.3 is 6.09 Å². The van der Waals surface area contributed by atoms with Gasteiger partial charge in [0.1, 0.15) is 5.60 Å². The van der Waals surface area contributed by atoms with Crippen molar-refractivity contribution in [2.75, 3.05) is 13.1 Å². The molecule has 1 aliphatic heterocycles. The minimum absolute atomic E-state index is 0.0149. The Kier molecular flexibility index (Phi) is 5.20. The van der Waals surface area contributed by atoms with Crippen LogP contribution in [-0.4, -0.2) is 41.6 Å². The average Bonchev–Trinajstić information content (AvgIpc) is 2.26. The number of nitrogens with zero attached hydrogens (tertiary/aromatic N) is 1. The van der Waals surface area contributed by atoms with E-state index < -0.39 is 5.60 Å². The van der Waals surface area contributed by atoms with E-state index in [4.69, 9.17) is 4.74 Å². The molecule has 5 heteroatoms. The summed E-state index contributed by atoms with van der Waals surface area (Å²) in [5.74, 6) is 0.111. The highest BCUT2D eigenvalue weighted by Crippen LogP contribution is 2.19. The second-order valence-electron chi connectivity index (χ2n) is 6.40. The van der Waals surface area contributed by atoms with Gasteiger partial charge in [0.05, 0.1) is 0 Å². The van der Waals surface area contributed by atoms with E-state index in [1.54, 1.807) is 4.90 Å². The van der Waals surface area contributed by atoms with Crippen LogP contribution in [0.15, 0.2) is 0 Å². The molecule has 1 N–H and O–H groups in total. The monoisotopic (exact) mass is 270 g/mol. The Morgan fingerprint density at radius 3 is 2.16 bits per heavy atom. The number of hydrogen-bond donors (Lipinski definition) is 1. The minimum Gasteiger partial charge on any atom is -0.444 e. The SMILES string of the molecule is CC(C)NC(=O)C1CCN(C(=O)OC(C)(C)C)CC1. The van der Waals surface area contributed by atoms with Crippen LogP contribution in [0.1, 0.15) is 47.5 Å². The highest BCUT2D eigenvalue weighted by Gasteiger charge is 2.29. The van der Waals surface area contributed by atoms with Crippen molar-refractivity contribution in [1.82, 2.24) is 10.2 Å². The molecule has 5 nitrogen and oxygen atoms in total. The molecule has 0 saturated carbocycles. The molecule has 1 rings (SSSR count). The van der Waals surface area contributed by atoms with Gasteiger partial charge in [0.2, 0.25) is 5.91 Å². The van der Waals surface area contributed by atoms with Crippen LogP contribution in [0.5, 0.6) is 0 Å². The Hall–Kier alpha value is -1.26. The van der Waals surface area contributed by atoms with Gasteiger partial charge in [-0.1, -0.05) is 0 Å². The highest BCUT2D eigenvalue weighted by molar-refractivity contribution is 5.79. The molecular weight excluding hydrogens is 244 g/mol. The second-order valence-corrected chi connectivity index (χ2v) is 6.40. The van der Waals surface area contributed by atoms with E-state index in [1.807, 2.05) is 34.6 Å². The normalized spacial score (nSPS) is 17.5. The fraction of sp³-hybridized carbons (Fsp3) is 0.857. The zero-order valence-corrected chi connectivity index (χ0v) is 12.7. The van der Waals surface area contributed by atoms with Crippen LogP contribution in [0.25, 0.3) is 0 Å². The van der Waals surface area contributed by atoms with Crippen LogP contribution in [0.2, 0.25) is 0 Å². The van der Waals surface area contributed by atoms with Crippen molar-refractivity contribution in [1.29, 1.82) is 0 Å². The third kappa shape index (κ3) is 5.49. The number of nitrogens with one attached hydrogen (secondary N) is 1. The first-order valence-corrected chi connectivity index (χ1v) is 6.97. The van der Waals surface area contributed by atoms with Crippen molar-refractivity contribution in [3.63, 3.8) is 0 Å². The van der Waals surface area contributed by atoms with Crippen LogP contribution in [0, 0.1) is 5.92 Å². The number of hydrogen-bond acceptors (Lipinski definition) is 3. The zero-order chi connectivity index (χ0) is 14.6. The van der Waals surface area contributed by atoms with Crippen molar-refractivity contribution < 1.29 is 14.3 Å². The molecule has 2 amide bonds. The molecule has 0 bridgehead atoms. The summed E-state index contributed by atoms with van der Waals surface area (Å²) in [6.45, 7) is 10.6.